The van der Waals surface area contributed by atoms with Crippen molar-refractivity contribution in [1.29, 1.82) is 5.26 Å². The molecule has 4 rings (SSSR count). The first-order chi connectivity index (χ1) is 12.7. The normalized spacial score (nSPS) is 20.0. The maximum atomic E-state index is 12.8. The second-order valence-electron chi connectivity index (χ2n) is 6.61. The Morgan fingerprint density at radius 1 is 1.12 bits per heavy atom. The van der Waals surface area contributed by atoms with E-state index in [1.807, 2.05) is 30.3 Å². The highest BCUT2D eigenvalue weighted by atomic mass is 32.2. The number of benzene rings is 2. The summed E-state index contributed by atoms with van der Waals surface area (Å²) in [5.74, 6) is 0.671. The lowest BCUT2D eigenvalue weighted by atomic mass is 9.86. The van der Waals surface area contributed by atoms with Crippen molar-refractivity contribution in [2.45, 2.75) is 19.3 Å². The fourth-order valence-electron chi connectivity index (χ4n) is 3.45. The molecule has 2 aromatic carbocycles. The van der Waals surface area contributed by atoms with Crippen LogP contribution in [0.2, 0.25) is 0 Å². The molecule has 1 fully saturated rings. The Hall–Kier alpha value is -2.71. The number of anilines is 1. The Balaban J connectivity index is 1.66. The number of rotatable bonds is 2. The number of nitrogens with zero attached hydrogens (tertiary/aromatic N) is 3. The molecule has 26 heavy (non-hydrogen) atoms. The topological polar surface area (TPSA) is 47.3 Å². The second-order valence-corrected chi connectivity index (χ2v) is 7.54. The van der Waals surface area contributed by atoms with Crippen molar-refractivity contribution in [1.82, 2.24) is 4.90 Å². The van der Waals surface area contributed by atoms with Gasteiger partial charge in [0.2, 0.25) is 5.91 Å². The Bertz CT molecular complexity index is 899. The Kier molecular flexibility index (Phi) is 4.44. The van der Waals surface area contributed by atoms with Crippen LogP contribution in [-0.4, -0.2) is 23.4 Å². The largest absolute Gasteiger partial charge is 0.344 e. The zero-order valence-electron chi connectivity index (χ0n) is 14.6. The highest BCUT2D eigenvalue weighted by Crippen LogP contribution is 2.43. The van der Waals surface area contributed by atoms with Gasteiger partial charge in [-0.05, 0) is 24.6 Å². The van der Waals surface area contributed by atoms with Gasteiger partial charge in [-0.2, -0.15) is 5.26 Å². The average molecular weight is 361 g/mol. The van der Waals surface area contributed by atoms with Gasteiger partial charge >= 0.3 is 0 Å². The van der Waals surface area contributed by atoms with E-state index >= 15 is 0 Å². The van der Waals surface area contributed by atoms with Crippen molar-refractivity contribution >= 4 is 23.4 Å². The van der Waals surface area contributed by atoms with Crippen molar-refractivity contribution in [2.24, 2.45) is 0 Å². The van der Waals surface area contributed by atoms with E-state index in [1.165, 1.54) is 5.56 Å². The Labute approximate surface area is 157 Å². The number of hydrogen-bond donors (Lipinski definition) is 0. The Morgan fingerprint density at radius 2 is 1.85 bits per heavy atom. The van der Waals surface area contributed by atoms with Gasteiger partial charge in [0, 0.05) is 18.0 Å². The van der Waals surface area contributed by atoms with Crippen LogP contribution in [0.25, 0.3) is 0 Å². The summed E-state index contributed by atoms with van der Waals surface area (Å²) in [6.45, 7) is 2.56. The molecule has 0 radical (unpaired) electrons. The number of allylic oxidation sites excluding steroid dienone is 1. The van der Waals surface area contributed by atoms with Crippen molar-refractivity contribution < 1.29 is 4.79 Å². The van der Waals surface area contributed by atoms with Gasteiger partial charge in [-0.3, -0.25) is 9.69 Å². The van der Waals surface area contributed by atoms with E-state index in [2.05, 4.69) is 42.2 Å². The minimum absolute atomic E-state index is 0.0807. The summed E-state index contributed by atoms with van der Waals surface area (Å²) in [6, 6.07) is 20.6. The first-order valence-electron chi connectivity index (χ1n) is 8.61. The number of carbonyl (C=O) groups is 1. The number of carbonyl (C=O) groups excluding carboxylic acids is 1. The molecule has 0 aliphatic carbocycles. The van der Waals surface area contributed by atoms with Crippen LogP contribution in [-0.2, 0) is 4.79 Å². The third-order valence-corrected chi connectivity index (χ3v) is 6.05. The zero-order valence-corrected chi connectivity index (χ0v) is 15.4. The molecule has 0 bridgehead atoms. The monoisotopic (exact) mass is 361 g/mol. The first kappa shape index (κ1) is 16.7. The summed E-state index contributed by atoms with van der Waals surface area (Å²) in [5, 5.41) is 10.6. The number of fused-ring (bicyclic) bond motifs is 1. The van der Waals surface area contributed by atoms with Crippen LogP contribution in [0.5, 0.6) is 0 Å². The van der Waals surface area contributed by atoms with E-state index in [0.717, 1.165) is 22.2 Å². The van der Waals surface area contributed by atoms with Crippen LogP contribution >= 0.6 is 11.8 Å². The van der Waals surface area contributed by atoms with Crippen LogP contribution in [0.15, 0.2) is 65.2 Å². The quantitative estimate of drug-likeness (QED) is 0.804. The van der Waals surface area contributed by atoms with E-state index in [0.29, 0.717) is 18.7 Å². The van der Waals surface area contributed by atoms with Crippen molar-refractivity contribution in [3.63, 3.8) is 0 Å². The average Bonchev–Trinajstić information content (AvgIpc) is 2.69. The molecule has 0 saturated carbocycles. The van der Waals surface area contributed by atoms with Gasteiger partial charge in [-0.25, -0.2) is 0 Å². The number of aryl methyl sites for hydroxylation is 1. The van der Waals surface area contributed by atoms with Crippen molar-refractivity contribution in [2.75, 3.05) is 17.4 Å². The maximum absolute atomic E-state index is 12.8. The minimum atomic E-state index is -0.140. The van der Waals surface area contributed by atoms with Crippen LogP contribution < -0.4 is 4.90 Å². The molecule has 1 amide bonds. The second kappa shape index (κ2) is 6.89. The number of hydrogen-bond acceptors (Lipinski definition) is 4. The molecule has 2 aromatic rings. The molecule has 1 atom stereocenters. The van der Waals surface area contributed by atoms with Gasteiger partial charge in [0.15, 0.2) is 0 Å². The highest BCUT2D eigenvalue weighted by Gasteiger charge is 2.38. The first-order valence-corrected chi connectivity index (χ1v) is 9.60. The van der Waals surface area contributed by atoms with E-state index in [-0.39, 0.29) is 11.8 Å². The predicted octanol–water partition coefficient (Wildman–Crippen LogP) is 4.21. The lowest BCUT2D eigenvalue weighted by Gasteiger charge is -2.42. The summed E-state index contributed by atoms with van der Waals surface area (Å²) >= 11 is 1.58. The van der Waals surface area contributed by atoms with Crippen LogP contribution in [0.1, 0.15) is 23.5 Å². The smallest absolute Gasteiger partial charge is 0.229 e. The molecule has 1 saturated heterocycles. The number of thioether (sulfide) groups is 1. The molecule has 5 heteroatoms. The van der Waals surface area contributed by atoms with Gasteiger partial charge in [0.05, 0.1) is 29.2 Å². The summed E-state index contributed by atoms with van der Waals surface area (Å²) in [5.41, 5.74) is 4.06. The molecule has 0 aromatic heterocycles. The van der Waals surface area contributed by atoms with Crippen LogP contribution in [0.4, 0.5) is 5.69 Å². The number of nitriles is 1. The summed E-state index contributed by atoms with van der Waals surface area (Å²) in [7, 11) is 0. The molecular formula is C21H19N3OS. The summed E-state index contributed by atoms with van der Waals surface area (Å²) in [4.78, 5) is 16.8. The van der Waals surface area contributed by atoms with Crippen LogP contribution in [0, 0.1) is 18.3 Å². The SMILES string of the molecule is Cc1ccc(N2CSC3=C(C#N)[C@H](c4ccccc4)CC(=O)N3C2)cc1. The fraction of sp³-hybridized carbons (Fsp3) is 0.238. The molecule has 2 aliphatic rings. The molecule has 4 nitrogen and oxygen atoms in total. The minimum Gasteiger partial charge on any atom is -0.344 e. The van der Waals surface area contributed by atoms with E-state index < -0.39 is 0 Å². The third kappa shape index (κ3) is 2.97. The molecule has 0 unspecified atom stereocenters. The molecule has 2 aliphatic heterocycles. The third-order valence-electron chi connectivity index (χ3n) is 4.89. The van der Waals surface area contributed by atoms with Gasteiger partial charge in [-0.1, -0.05) is 59.8 Å². The lowest BCUT2D eigenvalue weighted by molar-refractivity contribution is -0.129. The van der Waals surface area contributed by atoms with Gasteiger partial charge in [0.1, 0.15) is 0 Å². The molecular weight excluding hydrogens is 342 g/mol. The molecule has 0 spiro atoms. The summed E-state index contributed by atoms with van der Waals surface area (Å²) < 4.78 is 0. The predicted molar refractivity (Wildman–Crippen MR) is 104 cm³/mol. The lowest BCUT2D eigenvalue weighted by Crippen LogP contribution is -2.47. The van der Waals surface area contributed by atoms with Crippen molar-refractivity contribution in [3.8, 4) is 6.07 Å². The van der Waals surface area contributed by atoms with Gasteiger partial charge in [-0.15, -0.1) is 0 Å². The molecule has 130 valence electrons. The number of amides is 1. The van der Waals surface area contributed by atoms with Crippen molar-refractivity contribution in [3.05, 3.63) is 76.3 Å². The highest BCUT2D eigenvalue weighted by molar-refractivity contribution is 8.03. The molecule has 0 N–H and O–H groups in total. The summed E-state index contributed by atoms with van der Waals surface area (Å²) in [6.07, 6.45) is 0.346. The maximum Gasteiger partial charge on any atom is 0.229 e. The van der Waals surface area contributed by atoms with Gasteiger partial charge in [0.25, 0.3) is 0 Å². The molecule has 2 heterocycles. The van der Waals surface area contributed by atoms with Gasteiger partial charge < -0.3 is 4.90 Å². The fourth-order valence-corrected chi connectivity index (χ4v) is 4.62. The standard InChI is InChI=1S/C21H19N3OS/c1-15-7-9-17(10-8-15)23-13-24-20(25)11-18(16-5-3-2-4-6-16)19(12-22)21(24)26-14-23/h2-10,18H,11,13-14H2,1H3/t18-/m0/s1. The van der Waals surface area contributed by atoms with E-state index in [9.17, 15) is 10.1 Å². The Morgan fingerprint density at radius 3 is 2.54 bits per heavy atom. The van der Waals surface area contributed by atoms with Crippen LogP contribution in [0.3, 0.4) is 0 Å². The zero-order chi connectivity index (χ0) is 18.1. The van der Waals surface area contributed by atoms with E-state index in [1.54, 1.807) is 16.7 Å². The van der Waals surface area contributed by atoms with E-state index in [4.69, 9.17) is 0 Å².